The first kappa shape index (κ1) is 11.8. The van der Waals surface area contributed by atoms with Crippen LogP contribution >= 0.6 is 0 Å². The summed E-state index contributed by atoms with van der Waals surface area (Å²) in [6, 6.07) is 9.35. The molecule has 1 rings (SSSR count). The number of hydrogen-bond acceptors (Lipinski definition) is 2. The lowest BCUT2D eigenvalue weighted by Gasteiger charge is -1.98. The Morgan fingerprint density at radius 2 is 2.25 bits per heavy atom. The van der Waals surface area contributed by atoms with Gasteiger partial charge >= 0.3 is 5.97 Å². The van der Waals surface area contributed by atoms with E-state index in [2.05, 4.69) is 11.8 Å². The summed E-state index contributed by atoms with van der Waals surface area (Å²) in [5, 5.41) is 16.9. The van der Waals surface area contributed by atoms with Crippen molar-refractivity contribution in [3.05, 3.63) is 35.4 Å². The average molecular weight is 213 g/mol. The third kappa shape index (κ3) is 4.30. The van der Waals surface area contributed by atoms with Crippen molar-refractivity contribution >= 4 is 5.97 Å². The number of benzene rings is 1. The normalized spacial score (nSPS) is 8.69. The van der Waals surface area contributed by atoms with Crippen molar-refractivity contribution in [2.45, 2.75) is 19.3 Å². The Labute approximate surface area is 94.3 Å². The maximum Gasteiger partial charge on any atom is 0.303 e. The van der Waals surface area contributed by atoms with Crippen molar-refractivity contribution in [1.82, 2.24) is 0 Å². The Bertz CT molecular complexity index is 475. The number of carbonyl (C=O) groups is 1. The highest BCUT2D eigenvalue weighted by Gasteiger charge is 1.99. The third-order valence-corrected chi connectivity index (χ3v) is 1.95. The van der Waals surface area contributed by atoms with E-state index in [0.717, 1.165) is 11.1 Å². The fraction of sp³-hybridized carbons (Fsp3) is 0.231. The van der Waals surface area contributed by atoms with Gasteiger partial charge in [-0.05, 0) is 24.1 Å². The van der Waals surface area contributed by atoms with E-state index in [4.69, 9.17) is 10.4 Å². The summed E-state index contributed by atoms with van der Waals surface area (Å²) in [5.41, 5.74) is 1.77. The summed E-state index contributed by atoms with van der Waals surface area (Å²) in [6.07, 6.45) is 0.831. The zero-order chi connectivity index (χ0) is 11.8. The van der Waals surface area contributed by atoms with Gasteiger partial charge in [0.2, 0.25) is 0 Å². The minimum Gasteiger partial charge on any atom is -0.481 e. The fourth-order valence-electron chi connectivity index (χ4n) is 1.24. The van der Waals surface area contributed by atoms with Crippen molar-refractivity contribution in [2.75, 3.05) is 0 Å². The summed E-state index contributed by atoms with van der Waals surface area (Å²) in [4.78, 5) is 10.4. The lowest BCUT2D eigenvalue weighted by molar-refractivity contribution is -0.136. The minimum absolute atomic E-state index is 0.120. The number of carboxylic acid groups (broad SMARTS) is 1. The molecule has 3 heteroatoms. The van der Waals surface area contributed by atoms with E-state index in [0.29, 0.717) is 6.42 Å². The van der Waals surface area contributed by atoms with Crippen LogP contribution in [0.4, 0.5) is 0 Å². The van der Waals surface area contributed by atoms with Crippen LogP contribution in [0.5, 0.6) is 0 Å². The van der Waals surface area contributed by atoms with Gasteiger partial charge in [-0.3, -0.25) is 4.79 Å². The molecule has 0 atom stereocenters. The number of nitriles is 1. The molecule has 0 spiro atoms. The first-order valence-corrected chi connectivity index (χ1v) is 4.89. The summed E-state index contributed by atoms with van der Waals surface area (Å²) in [6.45, 7) is 0. The molecule has 0 aliphatic carbocycles. The summed E-state index contributed by atoms with van der Waals surface area (Å²) in [5.74, 6) is 4.77. The quantitative estimate of drug-likeness (QED) is 0.781. The van der Waals surface area contributed by atoms with Gasteiger partial charge in [-0.25, -0.2) is 0 Å². The number of carboxylic acids is 1. The molecule has 0 saturated carbocycles. The van der Waals surface area contributed by atoms with Gasteiger partial charge < -0.3 is 5.11 Å². The molecule has 0 aliphatic rings. The molecule has 0 unspecified atom stereocenters. The SMILES string of the molecule is N#CCC#Cc1cccc(CCC(=O)O)c1. The molecule has 1 N–H and O–H groups in total. The fourth-order valence-corrected chi connectivity index (χ4v) is 1.24. The van der Waals surface area contributed by atoms with Crippen molar-refractivity contribution in [3.8, 4) is 17.9 Å². The Morgan fingerprint density at radius 3 is 2.94 bits per heavy atom. The van der Waals surface area contributed by atoms with Crippen molar-refractivity contribution in [3.63, 3.8) is 0 Å². The van der Waals surface area contributed by atoms with Gasteiger partial charge in [0.1, 0.15) is 0 Å². The smallest absolute Gasteiger partial charge is 0.303 e. The monoisotopic (exact) mass is 213 g/mol. The van der Waals surface area contributed by atoms with Gasteiger partial charge in [0.05, 0.1) is 12.5 Å². The Hall–Kier alpha value is -2.26. The molecule has 1 aromatic carbocycles. The van der Waals surface area contributed by atoms with E-state index >= 15 is 0 Å². The van der Waals surface area contributed by atoms with Crippen LogP contribution in [0, 0.1) is 23.2 Å². The summed E-state index contributed by atoms with van der Waals surface area (Å²) >= 11 is 0. The molecule has 0 amide bonds. The topological polar surface area (TPSA) is 61.1 Å². The Balaban J connectivity index is 2.69. The van der Waals surface area contributed by atoms with Gasteiger partial charge in [0.15, 0.2) is 0 Å². The largest absolute Gasteiger partial charge is 0.481 e. The predicted molar refractivity (Wildman–Crippen MR) is 59.5 cm³/mol. The molecule has 0 fully saturated rings. The van der Waals surface area contributed by atoms with Crippen LogP contribution in [-0.4, -0.2) is 11.1 Å². The Kier molecular flexibility index (Phi) is 4.63. The van der Waals surface area contributed by atoms with Crippen LogP contribution in [0.2, 0.25) is 0 Å². The number of nitrogens with zero attached hydrogens (tertiary/aromatic N) is 1. The van der Waals surface area contributed by atoms with E-state index < -0.39 is 5.97 Å². The van der Waals surface area contributed by atoms with Crippen molar-refractivity contribution in [1.29, 1.82) is 5.26 Å². The van der Waals surface area contributed by atoms with Crippen LogP contribution in [0.15, 0.2) is 24.3 Å². The molecule has 16 heavy (non-hydrogen) atoms. The second kappa shape index (κ2) is 6.27. The van der Waals surface area contributed by atoms with E-state index in [1.165, 1.54) is 0 Å². The number of rotatable bonds is 3. The van der Waals surface area contributed by atoms with E-state index in [1.807, 2.05) is 30.3 Å². The standard InChI is InChI=1S/C13H11NO2/c14-9-2-1-4-11-5-3-6-12(10-11)7-8-13(15)16/h3,5-6,10H,2,7-8H2,(H,15,16). The van der Waals surface area contributed by atoms with Crippen LogP contribution in [-0.2, 0) is 11.2 Å². The number of aryl methyl sites for hydroxylation is 1. The second-order valence-electron chi connectivity index (χ2n) is 3.23. The molecular weight excluding hydrogens is 202 g/mol. The van der Waals surface area contributed by atoms with Crippen LogP contribution in [0.1, 0.15) is 24.0 Å². The molecular formula is C13H11NO2. The molecule has 0 aliphatic heterocycles. The molecule has 0 heterocycles. The summed E-state index contributed by atoms with van der Waals surface area (Å²) < 4.78 is 0. The van der Waals surface area contributed by atoms with Gasteiger partial charge in [0.25, 0.3) is 0 Å². The highest BCUT2D eigenvalue weighted by atomic mass is 16.4. The molecule has 1 aromatic rings. The summed E-state index contributed by atoms with van der Waals surface area (Å²) in [7, 11) is 0. The number of hydrogen-bond donors (Lipinski definition) is 1. The van der Waals surface area contributed by atoms with Crippen molar-refractivity contribution in [2.24, 2.45) is 0 Å². The van der Waals surface area contributed by atoms with Crippen LogP contribution in [0.25, 0.3) is 0 Å². The highest BCUT2D eigenvalue weighted by molar-refractivity contribution is 5.67. The lowest BCUT2D eigenvalue weighted by atomic mass is 10.1. The van der Waals surface area contributed by atoms with E-state index in [-0.39, 0.29) is 12.8 Å². The van der Waals surface area contributed by atoms with Gasteiger partial charge in [-0.1, -0.05) is 24.0 Å². The molecule has 0 aromatic heterocycles. The molecule has 3 nitrogen and oxygen atoms in total. The molecule has 0 bridgehead atoms. The maximum absolute atomic E-state index is 10.4. The van der Waals surface area contributed by atoms with Gasteiger partial charge in [-0.2, -0.15) is 5.26 Å². The van der Waals surface area contributed by atoms with Gasteiger partial charge in [-0.15, -0.1) is 0 Å². The average Bonchev–Trinajstić information content (AvgIpc) is 2.27. The predicted octanol–water partition coefficient (Wildman–Crippen LogP) is 1.97. The maximum atomic E-state index is 10.4. The van der Waals surface area contributed by atoms with E-state index in [1.54, 1.807) is 0 Å². The Morgan fingerprint density at radius 1 is 1.44 bits per heavy atom. The lowest BCUT2D eigenvalue weighted by Crippen LogP contribution is -1.97. The zero-order valence-electron chi connectivity index (χ0n) is 8.73. The van der Waals surface area contributed by atoms with Gasteiger partial charge in [0, 0.05) is 12.0 Å². The zero-order valence-corrected chi connectivity index (χ0v) is 8.73. The second-order valence-corrected chi connectivity index (χ2v) is 3.23. The minimum atomic E-state index is -0.805. The first-order chi connectivity index (χ1) is 7.72. The van der Waals surface area contributed by atoms with Crippen LogP contribution in [0.3, 0.4) is 0 Å². The third-order valence-electron chi connectivity index (χ3n) is 1.95. The van der Waals surface area contributed by atoms with Crippen molar-refractivity contribution < 1.29 is 9.90 Å². The van der Waals surface area contributed by atoms with Crippen LogP contribution < -0.4 is 0 Å². The molecule has 0 saturated heterocycles. The first-order valence-electron chi connectivity index (χ1n) is 4.89. The molecule has 0 radical (unpaired) electrons. The van der Waals surface area contributed by atoms with E-state index in [9.17, 15) is 4.79 Å². The number of aliphatic carboxylic acids is 1. The molecule has 80 valence electrons. The highest BCUT2D eigenvalue weighted by Crippen LogP contribution is 2.06.